The van der Waals surface area contributed by atoms with Gasteiger partial charge in [-0.2, -0.15) is 0 Å². The topological polar surface area (TPSA) is 97.4 Å². The Morgan fingerprint density at radius 1 is 1.05 bits per heavy atom. The van der Waals surface area contributed by atoms with Crippen LogP contribution in [0.5, 0.6) is 5.75 Å². The van der Waals surface area contributed by atoms with Crippen LogP contribution in [0.1, 0.15) is 52.0 Å². The molecular weight excluding hydrogens is 486 g/mol. The molecule has 9 heteroatoms. The second kappa shape index (κ2) is 11.1. The quantitative estimate of drug-likeness (QED) is 0.628. The van der Waals surface area contributed by atoms with Crippen LogP contribution >= 0.6 is 0 Å². The first-order valence-corrected chi connectivity index (χ1v) is 13.3. The highest BCUT2D eigenvalue weighted by Crippen LogP contribution is 2.39. The third kappa shape index (κ3) is 5.26. The van der Waals surface area contributed by atoms with Crippen molar-refractivity contribution < 1.29 is 28.6 Å². The zero-order chi connectivity index (χ0) is 26.7. The minimum Gasteiger partial charge on any atom is -0.497 e. The summed E-state index contributed by atoms with van der Waals surface area (Å²) in [7, 11) is 1.57. The summed E-state index contributed by atoms with van der Waals surface area (Å²) in [6.45, 7) is 4.01. The molecule has 3 amide bonds. The third-order valence-electron chi connectivity index (χ3n) is 7.74. The Hall–Kier alpha value is -3.43. The fourth-order valence-electron chi connectivity index (χ4n) is 5.60. The summed E-state index contributed by atoms with van der Waals surface area (Å²) in [5, 5.41) is 2.97. The van der Waals surface area contributed by atoms with Crippen molar-refractivity contribution >= 4 is 17.7 Å². The summed E-state index contributed by atoms with van der Waals surface area (Å²) < 4.78 is 17.2. The van der Waals surface area contributed by atoms with Crippen molar-refractivity contribution in [1.29, 1.82) is 0 Å². The van der Waals surface area contributed by atoms with Gasteiger partial charge in [0.1, 0.15) is 17.5 Å². The van der Waals surface area contributed by atoms with Gasteiger partial charge in [0.05, 0.1) is 19.8 Å². The minimum absolute atomic E-state index is 0.00292. The molecule has 3 heterocycles. The van der Waals surface area contributed by atoms with Crippen molar-refractivity contribution in [2.45, 2.75) is 50.5 Å². The molecule has 0 saturated carbocycles. The van der Waals surface area contributed by atoms with Crippen LogP contribution in [0.4, 0.5) is 0 Å². The smallest absolute Gasteiger partial charge is 0.256 e. The molecule has 0 bridgehead atoms. The van der Waals surface area contributed by atoms with E-state index in [1.807, 2.05) is 31.2 Å². The Morgan fingerprint density at radius 2 is 1.82 bits per heavy atom. The number of ether oxygens (including phenoxy) is 3. The molecule has 2 atom stereocenters. The number of carbonyl (C=O) groups excluding carboxylic acids is 3. The maximum absolute atomic E-state index is 13.9. The van der Waals surface area contributed by atoms with Gasteiger partial charge in [0.25, 0.3) is 11.8 Å². The van der Waals surface area contributed by atoms with E-state index in [9.17, 15) is 14.4 Å². The van der Waals surface area contributed by atoms with Gasteiger partial charge in [-0.1, -0.05) is 17.7 Å². The second-order valence-corrected chi connectivity index (χ2v) is 10.2. The Bertz CT molecular complexity index is 1170. The van der Waals surface area contributed by atoms with Crippen LogP contribution in [0.3, 0.4) is 0 Å². The number of aryl methyl sites for hydroxylation is 1. The fraction of sp³-hybridized carbons (Fsp3) is 0.483. The molecule has 2 unspecified atom stereocenters. The number of likely N-dealkylation sites (tertiary alicyclic amines) is 1. The minimum atomic E-state index is -0.966. The maximum atomic E-state index is 13.9. The zero-order valence-corrected chi connectivity index (χ0v) is 22.0. The summed E-state index contributed by atoms with van der Waals surface area (Å²) >= 11 is 0. The first-order valence-electron chi connectivity index (χ1n) is 13.3. The lowest BCUT2D eigenvalue weighted by atomic mass is 9.96. The van der Waals surface area contributed by atoms with Crippen LogP contribution in [-0.2, 0) is 14.3 Å². The number of hydrogen-bond acceptors (Lipinski definition) is 6. The van der Waals surface area contributed by atoms with Crippen LogP contribution < -0.4 is 10.1 Å². The molecular formula is C29H35N3O6. The molecule has 3 aliphatic rings. The average Bonchev–Trinajstić information content (AvgIpc) is 3.60. The number of nitrogens with zero attached hydrogens (tertiary/aromatic N) is 2. The molecule has 202 valence electrons. The number of hydrogen-bond donors (Lipinski definition) is 1. The predicted molar refractivity (Wildman–Crippen MR) is 140 cm³/mol. The first-order chi connectivity index (χ1) is 18.4. The van der Waals surface area contributed by atoms with Crippen LogP contribution in [0.25, 0.3) is 0 Å². The molecule has 38 heavy (non-hydrogen) atoms. The van der Waals surface area contributed by atoms with E-state index in [0.29, 0.717) is 56.0 Å². The zero-order valence-electron chi connectivity index (χ0n) is 22.0. The van der Waals surface area contributed by atoms with Crippen molar-refractivity contribution in [1.82, 2.24) is 15.1 Å². The molecule has 0 aliphatic carbocycles. The van der Waals surface area contributed by atoms with Crippen LogP contribution in [-0.4, -0.2) is 85.3 Å². The van der Waals surface area contributed by atoms with Gasteiger partial charge >= 0.3 is 0 Å². The predicted octanol–water partition coefficient (Wildman–Crippen LogP) is 2.77. The van der Waals surface area contributed by atoms with E-state index in [-0.39, 0.29) is 30.4 Å². The van der Waals surface area contributed by atoms with E-state index >= 15 is 0 Å². The second-order valence-electron chi connectivity index (χ2n) is 10.2. The van der Waals surface area contributed by atoms with Gasteiger partial charge in [0.15, 0.2) is 0 Å². The van der Waals surface area contributed by atoms with Crippen molar-refractivity contribution in [3.8, 4) is 5.75 Å². The molecule has 2 aromatic carbocycles. The van der Waals surface area contributed by atoms with Gasteiger partial charge < -0.3 is 24.4 Å². The fourth-order valence-corrected chi connectivity index (χ4v) is 5.60. The van der Waals surface area contributed by atoms with Gasteiger partial charge in [-0.15, -0.1) is 0 Å². The average molecular weight is 522 g/mol. The number of nitrogens with one attached hydrogen (secondary N) is 1. The van der Waals surface area contributed by atoms with Gasteiger partial charge in [-0.3, -0.25) is 19.3 Å². The van der Waals surface area contributed by atoms with E-state index in [2.05, 4.69) is 5.32 Å². The molecule has 1 spiro atoms. The van der Waals surface area contributed by atoms with Crippen molar-refractivity contribution in [2.75, 3.05) is 40.0 Å². The highest BCUT2D eigenvalue weighted by molar-refractivity contribution is 5.99. The van der Waals surface area contributed by atoms with E-state index in [4.69, 9.17) is 14.2 Å². The monoisotopic (exact) mass is 521 g/mol. The van der Waals surface area contributed by atoms with Gasteiger partial charge in [0, 0.05) is 50.2 Å². The van der Waals surface area contributed by atoms with Gasteiger partial charge in [-0.25, -0.2) is 0 Å². The number of amides is 3. The molecule has 0 aromatic heterocycles. The van der Waals surface area contributed by atoms with Crippen LogP contribution in [0.2, 0.25) is 0 Å². The number of rotatable bonds is 6. The largest absolute Gasteiger partial charge is 0.497 e. The van der Waals surface area contributed by atoms with E-state index < -0.39 is 11.8 Å². The van der Waals surface area contributed by atoms with Gasteiger partial charge in [0.2, 0.25) is 5.91 Å². The highest BCUT2D eigenvalue weighted by atomic mass is 16.5. The highest BCUT2D eigenvalue weighted by Gasteiger charge is 2.54. The lowest BCUT2D eigenvalue weighted by Gasteiger charge is -2.44. The number of benzene rings is 2. The summed E-state index contributed by atoms with van der Waals surface area (Å²) in [6.07, 6.45) is 2.72. The van der Waals surface area contributed by atoms with Gasteiger partial charge in [-0.05, 0) is 56.2 Å². The van der Waals surface area contributed by atoms with E-state index in [1.54, 1.807) is 41.2 Å². The summed E-state index contributed by atoms with van der Waals surface area (Å²) in [5.74, 6) is 0.0709. The Balaban J connectivity index is 1.35. The number of carbonyl (C=O) groups is 3. The normalized spacial score (nSPS) is 22.5. The van der Waals surface area contributed by atoms with Crippen molar-refractivity contribution in [2.24, 2.45) is 0 Å². The van der Waals surface area contributed by atoms with Crippen LogP contribution in [0.15, 0.2) is 48.5 Å². The summed E-state index contributed by atoms with van der Waals surface area (Å²) in [6, 6.07) is 13.6. The first kappa shape index (κ1) is 26.2. The number of piperidine rings is 1. The van der Waals surface area contributed by atoms with E-state index in [1.165, 1.54) is 0 Å². The summed E-state index contributed by atoms with van der Waals surface area (Å²) in [4.78, 5) is 43.8. The van der Waals surface area contributed by atoms with E-state index in [0.717, 1.165) is 18.4 Å². The lowest BCUT2D eigenvalue weighted by molar-refractivity contribution is -0.128. The third-order valence-corrected chi connectivity index (χ3v) is 7.74. The molecule has 3 aliphatic heterocycles. The molecule has 1 N–H and O–H groups in total. The molecule has 3 fully saturated rings. The van der Waals surface area contributed by atoms with Crippen LogP contribution in [0, 0.1) is 6.92 Å². The van der Waals surface area contributed by atoms with Crippen molar-refractivity contribution in [3.63, 3.8) is 0 Å². The standard InChI is InChI=1S/C29H35N3O6/c1-20-5-3-6-22(17-20)27(34)31-14-12-29(13-15-31)32(28(35)21-8-10-23(36-2)11-9-21)25(19-38-29)26(33)30-18-24-7-4-16-37-24/h3,5-6,8-11,17,24-25H,4,7,12-16,18-19H2,1-2H3,(H,30,33). The number of methoxy groups -OCH3 is 1. The van der Waals surface area contributed by atoms with Crippen molar-refractivity contribution in [3.05, 3.63) is 65.2 Å². The maximum Gasteiger partial charge on any atom is 0.256 e. The SMILES string of the molecule is COc1ccc(C(=O)N2C(C(=O)NCC3CCCO3)COC23CCN(C(=O)c2cccc(C)c2)CC3)cc1. The molecule has 9 nitrogen and oxygen atoms in total. The summed E-state index contributed by atoms with van der Waals surface area (Å²) in [5.41, 5.74) is 1.15. The Labute approximate surface area is 223 Å². The lowest BCUT2D eigenvalue weighted by Crippen LogP contribution is -2.60. The Morgan fingerprint density at radius 3 is 2.47 bits per heavy atom. The molecule has 2 aromatic rings. The molecule has 3 saturated heterocycles. The Kier molecular flexibility index (Phi) is 7.67. The molecule has 0 radical (unpaired) electrons. The molecule has 5 rings (SSSR count).